The van der Waals surface area contributed by atoms with Crippen LogP contribution in [0.25, 0.3) is 16.5 Å². The molecule has 3 rings (SSSR count). The van der Waals surface area contributed by atoms with Crippen molar-refractivity contribution in [3.8, 4) is 5.69 Å². The highest BCUT2D eigenvalue weighted by Gasteiger charge is 2.10. The average molecular weight is 267 g/mol. The van der Waals surface area contributed by atoms with Crippen LogP contribution in [0.2, 0.25) is 0 Å². The summed E-state index contributed by atoms with van der Waals surface area (Å²) in [4.78, 5) is 12.7. The molecule has 0 amide bonds. The van der Waals surface area contributed by atoms with E-state index >= 15 is 0 Å². The number of rotatable bonds is 1. The van der Waals surface area contributed by atoms with E-state index in [1.165, 1.54) is 12.1 Å². The lowest BCUT2D eigenvalue weighted by Crippen LogP contribution is -2.21. The summed E-state index contributed by atoms with van der Waals surface area (Å²) in [5.74, 6) is -0.348. The second-order valence-corrected chi connectivity index (χ2v) is 4.95. The van der Waals surface area contributed by atoms with Gasteiger partial charge in [0.05, 0.1) is 11.1 Å². The minimum atomic E-state index is -0.348. The molecule has 0 saturated carbocycles. The summed E-state index contributed by atoms with van der Waals surface area (Å²) in [6.45, 7) is 3.77. The van der Waals surface area contributed by atoms with Gasteiger partial charge in [0, 0.05) is 5.69 Å². The summed E-state index contributed by atoms with van der Waals surface area (Å²) < 4.78 is 14.9. The second-order valence-electron chi connectivity index (χ2n) is 4.95. The number of aromatic nitrogens is 1. The molecule has 20 heavy (non-hydrogen) atoms. The Morgan fingerprint density at radius 2 is 1.75 bits per heavy atom. The number of pyridine rings is 1. The Morgan fingerprint density at radius 3 is 2.50 bits per heavy atom. The molecule has 0 aliphatic heterocycles. The van der Waals surface area contributed by atoms with E-state index in [2.05, 4.69) is 0 Å². The zero-order valence-corrected chi connectivity index (χ0v) is 11.4. The number of hydrogen-bond acceptors (Lipinski definition) is 1. The van der Waals surface area contributed by atoms with Crippen molar-refractivity contribution in [2.24, 2.45) is 0 Å². The molecule has 100 valence electrons. The Bertz CT molecular complexity index is 864. The van der Waals surface area contributed by atoms with Gasteiger partial charge in [-0.05, 0) is 49.1 Å². The molecule has 0 fully saturated rings. The lowest BCUT2D eigenvalue weighted by Gasteiger charge is -2.12. The van der Waals surface area contributed by atoms with Gasteiger partial charge in [0.2, 0.25) is 0 Å². The van der Waals surface area contributed by atoms with Crippen molar-refractivity contribution in [1.82, 2.24) is 4.57 Å². The van der Waals surface area contributed by atoms with Crippen molar-refractivity contribution in [1.29, 1.82) is 0 Å². The largest absolute Gasteiger partial charge is 0.281 e. The highest BCUT2D eigenvalue weighted by atomic mass is 19.1. The van der Waals surface area contributed by atoms with Gasteiger partial charge >= 0.3 is 0 Å². The molecule has 2 nitrogen and oxygen atoms in total. The maximum Gasteiger partial charge on any atom is 0.263 e. The normalized spacial score (nSPS) is 10.9. The number of fused-ring (bicyclic) bond motifs is 1. The summed E-state index contributed by atoms with van der Waals surface area (Å²) in [6, 6.07) is 13.8. The van der Waals surface area contributed by atoms with E-state index < -0.39 is 0 Å². The van der Waals surface area contributed by atoms with Crippen molar-refractivity contribution in [2.75, 3.05) is 0 Å². The van der Waals surface area contributed by atoms with Gasteiger partial charge in [-0.3, -0.25) is 9.36 Å². The lowest BCUT2D eigenvalue weighted by molar-refractivity contribution is 0.626. The maximum absolute atomic E-state index is 13.4. The quantitative estimate of drug-likeness (QED) is 0.658. The average Bonchev–Trinajstić information content (AvgIpc) is 2.38. The Morgan fingerprint density at radius 1 is 1.00 bits per heavy atom. The highest BCUT2D eigenvalue weighted by molar-refractivity contribution is 5.85. The molecule has 0 radical (unpaired) electrons. The molecule has 0 atom stereocenters. The topological polar surface area (TPSA) is 22.0 Å². The van der Waals surface area contributed by atoms with Crippen LogP contribution in [-0.2, 0) is 0 Å². The van der Waals surface area contributed by atoms with Gasteiger partial charge < -0.3 is 0 Å². The molecule has 2 aromatic carbocycles. The van der Waals surface area contributed by atoms with E-state index in [0.717, 1.165) is 16.6 Å². The van der Waals surface area contributed by atoms with Gasteiger partial charge in [0.15, 0.2) is 0 Å². The SMILES string of the molecule is Cc1cccc2cc(C)n(-c3cccc(F)c3)c(=O)c12. The zero-order valence-electron chi connectivity index (χ0n) is 11.4. The van der Waals surface area contributed by atoms with Crippen LogP contribution in [0.15, 0.2) is 53.3 Å². The molecule has 0 spiro atoms. The van der Waals surface area contributed by atoms with E-state index in [4.69, 9.17) is 0 Å². The summed E-state index contributed by atoms with van der Waals surface area (Å²) in [5.41, 5.74) is 2.16. The number of aryl methyl sites for hydroxylation is 2. The zero-order chi connectivity index (χ0) is 14.3. The first-order valence-electron chi connectivity index (χ1n) is 6.46. The summed E-state index contributed by atoms with van der Waals surface area (Å²) in [5, 5.41) is 1.60. The van der Waals surface area contributed by atoms with E-state index in [1.807, 2.05) is 38.1 Å². The summed E-state index contributed by atoms with van der Waals surface area (Å²) in [6.07, 6.45) is 0. The van der Waals surface area contributed by atoms with Crippen LogP contribution in [0.3, 0.4) is 0 Å². The van der Waals surface area contributed by atoms with Gasteiger partial charge in [-0.2, -0.15) is 0 Å². The second kappa shape index (κ2) is 4.60. The smallest absolute Gasteiger partial charge is 0.263 e. The predicted octanol–water partition coefficient (Wildman–Crippen LogP) is 3.75. The summed E-state index contributed by atoms with van der Waals surface area (Å²) in [7, 11) is 0. The standard InChI is InChI=1S/C17H14FNO/c1-11-5-3-6-13-9-12(2)19(17(20)16(11)13)15-8-4-7-14(18)10-15/h3-10H,1-2H3. The molecular formula is C17H14FNO. The third-order valence-corrected chi connectivity index (χ3v) is 3.51. The molecule has 0 aliphatic carbocycles. The minimum Gasteiger partial charge on any atom is -0.281 e. The van der Waals surface area contributed by atoms with Crippen LogP contribution in [0, 0.1) is 19.7 Å². The van der Waals surface area contributed by atoms with Gasteiger partial charge in [-0.25, -0.2) is 4.39 Å². The van der Waals surface area contributed by atoms with Crippen LogP contribution in [0.4, 0.5) is 4.39 Å². The first-order valence-corrected chi connectivity index (χ1v) is 6.46. The maximum atomic E-state index is 13.4. The van der Waals surface area contributed by atoms with Crippen molar-refractivity contribution in [3.63, 3.8) is 0 Å². The molecule has 0 saturated heterocycles. The Balaban J connectivity index is 2.43. The van der Waals surface area contributed by atoms with E-state index in [0.29, 0.717) is 11.1 Å². The van der Waals surface area contributed by atoms with Crippen molar-refractivity contribution in [2.45, 2.75) is 13.8 Å². The monoisotopic (exact) mass is 267 g/mol. The number of halogens is 1. The predicted molar refractivity (Wildman–Crippen MR) is 79.0 cm³/mol. The third kappa shape index (κ3) is 1.92. The highest BCUT2D eigenvalue weighted by Crippen LogP contribution is 2.18. The van der Waals surface area contributed by atoms with Gasteiger partial charge in [-0.15, -0.1) is 0 Å². The molecule has 0 N–H and O–H groups in total. The molecular weight excluding hydrogens is 253 g/mol. The molecule has 1 heterocycles. The fourth-order valence-corrected chi connectivity index (χ4v) is 2.60. The molecule has 3 aromatic rings. The molecule has 0 bridgehead atoms. The number of benzene rings is 2. The third-order valence-electron chi connectivity index (χ3n) is 3.51. The molecule has 1 aromatic heterocycles. The van der Waals surface area contributed by atoms with Crippen LogP contribution >= 0.6 is 0 Å². The Hall–Kier alpha value is -2.42. The van der Waals surface area contributed by atoms with E-state index in [9.17, 15) is 9.18 Å². The molecule has 0 aliphatic rings. The van der Waals surface area contributed by atoms with Gasteiger partial charge in [0.1, 0.15) is 5.82 Å². The van der Waals surface area contributed by atoms with Crippen molar-refractivity contribution >= 4 is 10.8 Å². The van der Waals surface area contributed by atoms with Crippen LogP contribution in [0.1, 0.15) is 11.3 Å². The van der Waals surface area contributed by atoms with E-state index in [1.54, 1.807) is 16.7 Å². The minimum absolute atomic E-state index is 0.108. The van der Waals surface area contributed by atoms with Crippen LogP contribution in [0.5, 0.6) is 0 Å². The first-order chi connectivity index (χ1) is 9.58. The molecule has 3 heteroatoms. The van der Waals surface area contributed by atoms with Crippen LogP contribution < -0.4 is 5.56 Å². The van der Waals surface area contributed by atoms with Crippen LogP contribution in [-0.4, -0.2) is 4.57 Å². The Kier molecular flexibility index (Phi) is 2.90. The lowest BCUT2D eigenvalue weighted by atomic mass is 10.1. The Labute approximate surface area is 116 Å². The van der Waals surface area contributed by atoms with Crippen molar-refractivity contribution in [3.05, 3.63) is 76.0 Å². The van der Waals surface area contributed by atoms with Gasteiger partial charge in [0.25, 0.3) is 5.56 Å². The fourth-order valence-electron chi connectivity index (χ4n) is 2.60. The molecule has 0 unspecified atom stereocenters. The fraction of sp³-hybridized carbons (Fsp3) is 0.118. The van der Waals surface area contributed by atoms with Crippen molar-refractivity contribution < 1.29 is 4.39 Å². The first kappa shape index (κ1) is 12.6. The number of nitrogens with zero attached hydrogens (tertiary/aromatic N) is 1. The summed E-state index contributed by atoms with van der Waals surface area (Å²) >= 11 is 0. The van der Waals surface area contributed by atoms with E-state index in [-0.39, 0.29) is 11.4 Å². The number of hydrogen-bond donors (Lipinski definition) is 0. The van der Waals surface area contributed by atoms with Gasteiger partial charge in [-0.1, -0.05) is 24.3 Å².